The van der Waals surface area contributed by atoms with Crippen LogP contribution in [0.15, 0.2) is 6.07 Å². The Kier molecular flexibility index (Phi) is 2.60. The first-order valence-corrected chi connectivity index (χ1v) is 3.41. The largest absolute Gasteiger partial charge is 0.477 e. The van der Waals surface area contributed by atoms with E-state index in [0.717, 1.165) is 0 Å². The van der Waals surface area contributed by atoms with Crippen molar-refractivity contribution in [1.82, 2.24) is 0 Å². The average molecular weight is 221 g/mol. The molecule has 0 aliphatic heterocycles. The summed E-state index contributed by atoms with van der Waals surface area (Å²) in [6, 6.07) is -0.0637. The zero-order valence-corrected chi connectivity index (χ0v) is 6.83. The van der Waals surface area contributed by atoms with E-state index in [0.29, 0.717) is 0 Å². The van der Waals surface area contributed by atoms with Gasteiger partial charge in [0.25, 0.3) is 0 Å². The summed E-state index contributed by atoms with van der Waals surface area (Å²) in [5, 5.41) is 18.6. The van der Waals surface area contributed by atoms with Gasteiger partial charge in [0.1, 0.15) is 5.82 Å². The number of nitro groups is 1. The van der Waals surface area contributed by atoms with Crippen LogP contribution in [0.3, 0.4) is 0 Å². The summed E-state index contributed by atoms with van der Waals surface area (Å²) in [4.78, 5) is 19.1. The van der Waals surface area contributed by atoms with Crippen molar-refractivity contribution in [3.63, 3.8) is 0 Å². The number of carboxylic acids is 1. The van der Waals surface area contributed by atoms with Gasteiger partial charge < -0.3 is 5.11 Å². The maximum atomic E-state index is 12.8. The van der Waals surface area contributed by atoms with Gasteiger partial charge >= 0.3 is 11.7 Å². The fourth-order valence-electron chi connectivity index (χ4n) is 0.958. The van der Waals surface area contributed by atoms with E-state index in [9.17, 15) is 28.1 Å². The number of rotatable bonds is 2. The van der Waals surface area contributed by atoms with Crippen molar-refractivity contribution in [3.8, 4) is 0 Å². The third-order valence-corrected chi connectivity index (χ3v) is 1.54. The van der Waals surface area contributed by atoms with E-state index in [1.165, 1.54) is 0 Å². The molecule has 0 heterocycles. The maximum Gasteiger partial charge on any atom is 0.345 e. The van der Waals surface area contributed by atoms with Gasteiger partial charge in [-0.3, -0.25) is 10.1 Å². The van der Waals surface area contributed by atoms with Gasteiger partial charge in [-0.25, -0.2) is 13.6 Å². The number of hydrogen-bond acceptors (Lipinski definition) is 3. The second-order valence-electron chi connectivity index (χ2n) is 2.44. The topological polar surface area (TPSA) is 80.4 Å². The Labute approximate surface area is 79.9 Å². The molecule has 0 amide bonds. The predicted molar refractivity (Wildman–Crippen MR) is 39.9 cm³/mol. The molecule has 0 atom stereocenters. The van der Waals surface area contributed by atoms with E-state index in [-0.39, 0.29) is 6.07 Å². The third-order valence-electron chi connectivity index (χ3n) is 1.54. The van der Waals surface area contributed by atoms with Crippen LogP contribution in [0, 0.1) is 27.6 Å². The molecule has 0 aliphatic rings. The van der Waals surface area contributed by atoms with Gasteiger partial charge in [-0.1, -0.05) is 0 Å². The normalized spacial score (nSPS) is 10.1. The summed E-state index contributed by atoms with van der Waals surface area (Å²) in [5.74, 6) is -7.56. The van der Waals surface area contributed by atoms with Crippen LogP contribution in [0.1, 0.15) is 10.4 Å². The first kappa shape index (κ1) is 11.0. The van der Waals surface area contributed by atoms with Crippen LogP contribution in [0.25, 0.3) is 0 Å². The maximum absolute atomic E-state index is 12.8. The molecule has 15 heavy (non-hydrogen) atoms. The van der Waals surface area contributed by atoms with Crippen molar-refractivity contribution >= 4 is 11.7 Å². The van der Waals surface area contributed by atoms with E-state index in [1.54, 1.807) is 0 Å². The van der Waals surface area contributed by atoms with Crippen molar-refractivity contribution < 1.29 is 28.0 Å². The number of nitrogens with zero attached hydrogens (tertiary/aromatic N) is 1. The first-order valence-electron chi connectivity index (χ1n) is 3.41. The molecule has 1 aromatic rings. The summed E-state index contributed by atoms with van der Waals surface area (Å²) in [6.07, 6.45) is 0. The second-order valence-corrected chi connectivity index (χ2v) is 2.44. The molecule has 0 saturated heterocycles. The summed E-state index contributed by atoms with van der Waals surface area (Å²) in [5.41, 5.74) is -3.22. The van der Waals surface area contributed by atoms with Crippen molar-refractivity contribution in [1.29, 1.82) is 0 Å². The number of carbonyl (C=O) groups is 1. The predicted octanol–water partition coefficient (Wildman–Crippen LogP) is 1.71. The molecule has 1 N–H and O–H groups in total. The van der Waals surface area contributed by atoms with Gasteiger partial charge in [0, 0.05) is 6.07 Å². The average Bonchev–Trinajstić information content (AvgIpc) is 2.09. The standard InChI is InChI=1S/C7H2F3NO4/c8-2-1-3(9)5(10)6(11(14)15)4(2)7(12)13/h1H,(H,12,13). The minimum absolute atomic E-state index is 0.0637. The highest BCUT2D eigenvalue weighted by Gasteiger charge is 2.32. The Balaban J connectivity index is 3.69. The van der Waals surface area contributed by atoms with Crippen molar-refractivity contribution in [2.75, 3.05) is 0 Å². The van der Waals surface area contributed by atoms with Crippen molar-refractivity contribution in [2.24, 2.45) is 0 Å². The molecule has 5 nitrogen and oxygen atoms in total. The van der Waals surface area contributed by atoms with Crippen LogP contribution in [0.5, 0.6) is 0 Å². The fraction of sp³-hybridized carbons (Fsp3) is 0. The van der Waals surface area contributed by atoms with E-state index in [1.807, 2.05) is 0 Å². The Hall–Kier alpha value is -2.12. The smallest absolute Gasteiger partial charge is 0.345 e. The highest BCUT2D eigenvalue weighted by atomic mass is 19.2. The molecular weight excluding hydrogens is 219 g/mol. The molecule has 0 unspecified atom stereocenters. The van der Waals surface area contributed by atoms with Crippen molar-refractivity contribution in [2.45, 2.75) is 0 Å². The fourth-order valence-corrected chi connectivity index (χ4v) is 0.958. The lowest BCUT2D eigenvalue weighted by Gasteiger charge is -2.01. The molecule has 80 valence electrons. The van der Waals surface area contributed by atoms with E-state index in [2.05, 4.69) is 0 Å². The SMILES string of the molecule is O=C(O)c1c(F)cc(F)c(F)c1[N+](=O)[O-]. The number of carboxylic acid groups (broad SMARTS) is 1. The van der Waals surface area contributed by atoms with Gasteiger partial charge in [-0.2, -0.15) is 4.39 Å². The quantitative estimate of drug-likeness (QED) is 0.468. The summed E-state index contributed by atoms with van der Waals surface area (Å²) in [7, 11) is 0. The molecule has 0 aromatic heterocycles. The monoisotopic (exact) mass is 221 g/mol. The third kappa shape index (κ3) is 1.73. The molecule has 0 saturated carbocycles. The molecule has 1 rings (SSSR count). The van der Waals surface area contributed by atoms with Crippen LogP contribution in [-0.2, 0) is 0 Å². The highest BCUT2D eigenvalue weighted by molar-refractivity contribution is 5.92. The minimum atomic E-state index is -2.04. The number of hydrogen-bond donors (Lipinski definition) is 1. The summed E-state index contributed by atoms with van der Waals surface area (Å²) in [6.45, 7) is 0. The number of nitro benzene ring substituents is 1. The van der Waals surface area contributed by atoms with Gasteiger partial charge in [-0.15, -0.1) is 0 Å². The zero-order chi connectivity index (χ0) is 11.7. The first-order chi connectivity index (χ1) is 6.86. The molecule has 0 bridgehead atoms. The van der Waals surface area contributed by atoms with Crippen LogP contribution in [-0.4, -0.2) is 16.0 Å². The molecule has 1 aromatic carbocycles. The lowest BCUT2D eigenvalue weighted by Crippen LogP contribution is -2.09. The van der Waals surface area contributed by atoms with E-state index in [4.69, 9.17) is 5.11 Å². The van der Waals surface area contributed by atoms with Gasteiger partial charge in [0.2, 0.25) is 5.82 Å². The van der Waals surface area contributed by atoms with Crippen LogP contribution >= 0.6 is 0 Å². The second kappa shape index (κ2) is 3.56. The van der Waals surface area contributed by atoms with E-state index >= 15 is 0 Å². The van der Waals surface area contributed by atoms with Gasteiger partial charge in [0.15, 0.2) is 11.4 Å². The number of halogens is 3. The van der Waals surface area contributed by atoms with Crippen molar-refractivity contribution in [3.05, 3.63) is 39.2 Å². The minimum Gasteiger partial charge on any atom is -0.477 e. The molecule has 0 fully saturated rings. The number of aromatic carboxylic acids is 1. The Morgan fingerprint density at radius 1 is 1.33 bits per heavy atom. The molecule has 8 heteroatoms. The number of benzene rings is 1. The van der Waals surface area contributed by atoms with Gasteiger partial charge in [0.05, 0.1) is 4.92 Å². The molecule has 0 radical (unpaired) electrons. The Morgan fingerprint density at radius 3 is 2.27 bits per heavy atom. The summed E-state index contributed by atoms with van der Waals surface area (Å²) < 4.78 is 38.1. The molecular formula is C7H2F3NO4. The van der Waals surface area contributed by atoms with Crippen LogP contribution in [0.4, 0.5) is 18.9 Å². The van der Waals surface area contributed by atoms with Gasteiger partial charge in [-0.05, 0) is 0 Å². The molecule has 0 spiro atoms. The van der Waals surface area contributed by atoms with Crippen LogP contribution in [0.2, 0.25) is 0 Å². The van der Waals surface area contributed by atoms with E-state index < -0.39 is 39.6 Å². The molecule has 0 aliphatic carbocycles. The Morgan fingerprint density at radius 2 is 1.87 bits per heavy atom. The lowest BCUT2D eigenvalue weighted by atomic mass is 10.1. The highest BCUT2D eigenvalue weighted by Crippen LogP contribution is 2.27. The lowest BCUT2D eigenvalue weighted by molar-refractivity contribution is -0.388. The summed E-state index contributed by atoms with van der Waals surface area (Å²) >= 11 is 0. The van der Waals surface area contributed by atoms with Crippen LogP contribution < -0.4 is 0 Å². The zero-order valence-electron chi connectivity index (χ0n) is 6.83. The Bertz CT molecular complexity index is 460.